The van der Waals surface area contributed by atoms with Crippen LogP contribution >= 0.6 is 0 Å². The van der Waals surface area contributed by atoms with E-state index in [1.165, 1.54) is 4.90 Å². The minimum atomic E-state index is -0.778. The minimum Gasteiger partial charge on any atom is -0.381 e. The number of hydrogen-bond acceptors (Lipinski definition) is 4. The second-order valence-electron chi connectivity index (χ2n) is 6.05. The number of hydrogen-bond donors (Lipinski definition) is 1. The lowest BCUT2D eigenvalue weighted by Gasteiger charge is -2.30. The standard InChI is InChI=1S/C17H17N3O3/c21-15-17(5-7-23-8-6-17)19-16(22)20(15)11-12-9-13-3-1-2-4-14(13)18-10-12/h1-4,9-10H,5-8,11H2,(H,19,22). The van der Waals surface area contributed by atoms with Gasteiger partial charge in [0.15, 0.2) is 0 Å². The van der Waals surface area contributed by atoms with Crippen LogP contribution in [0.4, 0.5) is 4.79 Å². The first kappa shape index (κ1) is 14.1. The molecule has 0 radical (unpaired) electrons. The van der Waals surface area contributed by atoms with Crippen molar-refractivity contribution in [2.45, 2.75) is 24.9 Å². The maximum atomic E-state index is 12.7. The summed E-state index contributed by atoms with van der Waals surface area (Å²) in [6.07, 6.45) is 2.78. The largest absolute Gasteiger partial charge is 0.381 e. The molecule has 3 heterocycles. The third-order valence-electron chi connectivity index (χ3n) is 4.58. The molecular formula is C17H17N3O3. The van der Waals surface area contributed by atoms with Gasteiger partial charge in [-0.05, 0) is 17.7 Å². The molecule has 6 nitrogen and oxygen atoms in total. The van der Waals surface area contributed by atoms with E-state index in [-0.39, 0.29) is 18.5 Å². The van der Waals surface area contributed by atoms with E-state index in [1.807, 2.05) is 30.3 Å². The van der Waals surface area contributed by atoms with Crippen LogP contribution in [0.15, 0.2) is 36.5 Å². The first-order valence-corrected chi connectivity index (χ1v) is 7.73. The number of rotatable bonds is 2. The van der Waals surface area contributed by atoms with E-state index in [9.17, 15) is 9.59 Å². The third kappa shape index (κ3) is 2.35. The molecule has 2 aliphatic heterocycles. The van der Waals surface area contributed by atoms with Crippen molar-refractivity contribution >= 4 is 22.8 Å². The Kier molecular flexibility index (Phi) is 3.27. The summed E-state index contributed by atoms with van der Waals surface area (Å²) < 4.78 is 5.31. The smallest absolute Gasteiger partial charge is 0.325 e. The van der Waals surface area contributed by atoms with Gasteiger partial charge in [0.25, 0.3) is 5.91 Å². The van der Waals surface area contributed by atoms with Crippen LogP contribution in [0.25, 0.3) is 10.9 Å². The fourth-order valence-corrected chi connectivity index (χ4v) is 3.26. The van der Waals surface area contributed by atoms with Crippen LogP contribution in [0, 0.1) is 0 Å². The van der Waals surface area contributed by atoms with Crippen molar-refractivity contribution in [1.82, 2.24) is 15.2 Å². The van der Waals surface area contributed by atoms with Crippen molar-refractivity contribution in [3.63, 3.8) is 0 Å². The van der Waals surface area contributed by atoms with Crippen molar-refractivity contribution in [2.24, 2.45) is 0 Å². The summed E-state index contributed by atoms with van der Waals surface area (Å²) in [4.78, 5) is 30.7. The fraction of sp³-hybridized carbons (Fsp3) is 0.353. The third-order valence-corrected chi connectivity index (χ3v) is 4.58. The molecule has 1 N–H and O–H groups in total. The molecule has 1 spiro atoms. The molecule has 6 heteroatoms. The van der Waals surface area contributed by atoms with Crippen molar-refractivity contribution < 1.29 is 14.3 Å². The van der Waals surface area contributed by atoms with Crippen LogP contribution in [-0.2, 0) is 16.1 Å². The second kappa shape index (κ2) is 5.31. The lowest BCUT2D eigenvalue weighted by atomic mass is 9.90. The Morgan fingerprint density at radius 3 is 2.83 bits per heavy atom. The zero-order chi connectivity index (χ0) is 15.9. The van der Waals surface area contributed by atoms with E-state index < -0.39 is 5.54 Å². The Labute approximate surface area is 133 Å². The van der Waals surface area contributed by atoms with Crippen LogP contribution in [0.5, 0.6) is 0 Å². The summed E-state index contributed by atoms with van der Waals surface area (Å²) in [6.45, 7) is 1.24. The molecule has 0 aliphatic carbocycles. The second-order valence-corrected chi connectivity index (χ2v) is 6.05. The number of carbonyl (C=O) groups is 2. The van der Waals surface area contributed by atoms with Crippen LogP contribution in [0.3, 0.4) is 0 Å². The molecule has 0 unspecified atom stereocenters. The highest BCUT2D eigenvalue weighted by Crippen LogP contribution is 2.29. The van der Waals surface area contributed by atoms with Crippen molar-refractivity contribution in [3.8, 4) is 0 Å². The molecule has 2 aromatic rings. The van der Waals surface area contributed by atoms with Crippen LogP contribution in [-0.4, -0.2) is 40.6 Å². The normalized spacial score (nSPS) is 20.3. The fourth-order valence-electron chi connectivity index (χ4n) is 3.26. The lowest BCUT2D eigenvalue weighted by Crippen LogP contribution is -2.51. The summed E-state index contributed by atoms with van der Waals surface area (Å²) in [6, 6.07) is 9.42. The molecule has 2 fully saturated rings. The van der Waals surface area contributed by atoms with Gasteiger partial charge in [-0.3, -0.25) is 14.7 Å². The maximum absolute atomic E-state index is 12.7. The Bertz CT molecular complexity index is 784. The molecule has 118 valence electrons. The summed E-state index contributed by atoms with van der Waals surface area (Å²) >= 11 is 0. The molecule has 0 bridgehead atoms. The van der Waals surface area contributed by atoms with E-state index in [2.05, 4.69) is 10.3 Å². The van der Waals surface area contributed by atoms with Gasteiger partial charge in [-0.25, -0.2) is 4.79 Å². The number of benzene rings is 1. The van der Waals surface area contributed by atoms with Crippen LogP contribution < -0.4 is 5.32 Å². The van der Waals surface area contributed by atoms with E-state index in [0.29, 0.717) is 26.1 Å². The molecular weight excluding hydrogens is 294 g/mol. The van der Waals surface area contributed by atoms with Gasteiger partial charge in [0.2, 0.25) is 0 Å². The topological polar surface area (TPSA) is 71.5 Å². The lowest BCUT2D eigenvalue weighted by molar-refractivity contribution is -0.134. The van der Waals surface area contributed by atoms with E-state index in [4.69, 9.17) is 4.74 Å². The maximum Gasteiger partial charge on any atom is 0.325 e. The molecule has 23 heavy (non-hydrogen) atoms. The van der Waals surface area contributed by atoms with Gasteiger partial charge < -0.3 is 10.1 Å². The molecule has 2 saturated heterocycles. The number of imide groups is 1. The summed E-state index contributed by atoms with van der Waals surface area (Å²) in [7, 11) is 0. The number of carbonyl (C=O) groups excluding carboxylic acids is 2. The molecule has 1 aromatic heterocycles. The summed E-state index contributed by atoms with van der Waals surface area (Å²) in [5, 5.41) is 3.86. The van der Waals surface area contributed by atoms with Gasteiger partial charge in [0.05, 0.1) is 12.1 Å². The van der Waals surface area contributed by atoms with E-state index in [0.717, 1.165) is 16.5 Å². The molecule has 4 rings (SSSR count). The highest BCUT2D eigenvalue weighted by atomic mass is 16.5. The van der Waals surface area contributed by atoms with Gasteiger partial charge in [-0.1, -0.05) is 18.2 Å². The zero-order valence-electron chi connectivity index (χ0n) is 12.6. The molecule has 2 aliphatic rings. The summed E-state index contributed by atoms with van der Waals surface area (Å²) in [5.41, 5.74) is 0.963. The number of nitrogens with zero attached hydrogens (tertiary/aromatic N) is 2. The first-order valence-electron chi connectivity index (χ1n) is 7.73. The SMILES string of the molecule is O=C1NC2(CCOCC2)C(=O)N1Cc1cnc2ccccc2c1. The van der Waals surface area contributed by atoms with Crippen molar-refractivity contribution in [3.05, 3.63) is 42.1 Å². The Hall–Kier alpha value is -2.47. The van der Waals surface area contributed by atoms with Gasteiger partial charge >= 0.3 is 6.03 Å². The van der Waals surface area contributed by atoms with Gasteiger partial charge in [0.1, 0.15) is 5.54 Å². The molecule has 1 aromatic carbocycles. The van der Waals surface area contributed by atoms with Crippen molar-refractivity contribution in [2.75, 3.05) is 13.2 Å². The average molecular weight is 311 g/mol. The first-order chi connectivity index (χ1) is 11.2. The quantitative estimate of drug-likeness (QED) is 0.859. The number of pyridine rings is 1. The number of aromatic nitrogens is 1. The predicted octanol–water partition coefficient (Wildman–Crippen LogP) is 1.84. The number of nitrogens with one attached hydrogen (secondary N) is 1. The zero-order valence-corrected chi connectivity index (χ0v) is 12.6. The summed E-state index contributed by atoms with van der Waals surface area (Å²) in [5.74, 6) is -0.154. The van der Waals surface area contributed by atoms with Gasteiger partial charge in [-0.2, -0.15) is 0 Å². The number of amides is 3. The Morgan fingerprint density at radius 2 is 2.00 bits per heavy atom. The minimum absolute atomic E-state index is 0.154. The number of ether oxygens (including phenoxy) is 1. The van der Waals surface area contributed by atoms with Crippen molar-refractivity contribution in [1.29, 1.82) is 0 Å². The monoisotopic (exact) mass is 311 g/mol. The molecule has 0 atom stereocenters. The molecule has 3 amide bonds. The van der Waals surface area contributed by atoms with Gasteiger partial charge in [-0.15, -0.1) is 0 Å². The average Bonchev–Trinajstić information content (AvgIpc) is 2.80. The number of fused-ring (bicyclic) bond motifs is 1. The highest BCUT2D eigenvalue weighted by molar-refractivity contribution is 6.07. The van der Waals surface area contributed by atoms with Gasteiger partial charge in [0, 0.05) is 37.6 Å². The number of urea groups is 1. The number of para-hydroxylation sites is 1. The Balaban J connectivity index is 1.60. The Morgan fingerprint density at radius 1 is 1.22 bits per heavy atom. The van der Waals surface area contributed by atoms with Crippen LogP contribution in [0.2, 0.25) is 0 Å². The highest BCUT2D eigenvalue weighted by Gasteiger charge is 2.51. The van der Waals surface area contributed by atoms with E-state index >= 15 is 0 Å². The van der Waals surface area contributed by atoms with E-state index in [1.54, 1.807) is 6.20 Å². The predicted molar refractivity (Wildman–Crippen MR) is 83.6 cm³/mol. The van der Waals surface area contributed by atoms with Crippen LogP contribution in [0.1, 0.15) is 18.4 Å². The molecule has 0 saturated carbocycles.